The van der Waals surface area contributed by atoms with E-state index in [1.807, 2.05) is 38.1 Å². The number of unbranched alkanes of at least 4 members (excludes halogenated alkanes) is 4. The molecule has 0 aliphatic heterocycles. The zero-order valence-corrected chi connectivity index (χ0v) is 31.0. The summed E-state index contributed by atoms with van der Waals surface area (Å²) >= 11 is 6.92. The third-order valence-corrected chi connectivity index (χ3v) is 9.02. The predicted molar refractivity (Wildman–Crippen MR) is 195 cm³/mol. The van der Waals surface area contributed by atoms with Crippen LogP contribution in [0.2, 0.25) is 0 Å². The molecule has 12 heteroatoms. The zero-order valence-electron chi connectivity index (χ0n) is 27.8. The fraction of sp³-hybridized carbons (Fsp3) is 0.316. The fourth-order valence-electron chi connectivity index (χ4n) is 5.05. The maximum Gasteiger partial charge on any atom is 0.231 e. The monoisotopic (exact) mass is 802 g/mol. The molecule has 2 aromatic heterocycles. The molecule has 4 rings (SSSR count). The van der Waals surface area contributed by atoms with Gasteiger partial charge >= 0.3 is 0 Å². The van der Waals surface area contributed by atoms with Crippen LogP contribution >= 0.6 is 31.9 Å². The van der Waals surface area contributed by atoms with Crippen LogP contribution in [-0.2, 0) is 13.2 Å². The minimum Gasteiger partial charge on any atom is -0.477 e. The minimum atomic E-state index is 0.188. The lowest BCUT2D eigenvalue weighted by molar-refractivity contribution is 0.111. The molecule has 0 unspecified atom stereocenters. The van der Waals surface area contributed by atoms with Crippen molar-refractivity contribution in [3.8, 4) is 46.8 Å². The average Bonchev–Trinajstić information content (AvgIpc) is 3.12. The Morgan fingerprint density at radius 1 is 0.640 bits per heavy atom. The van der Waals surface area contributed by atoms with Gasteiger partial charge in [-0.25, -0.2) is 0 Å². The van der Waals surface area contributed by atoms with Crippen molar-refractivity contribution in [2.75, 3.05) is 13.2 Å². The van der Waals surface area contributed by atoms with E-state index in [0.717, 1.165) is 33.4 Å². The molecule has 0 saturated heterocycles. The van der Waals surface area contributed by atoms with Gasteiger partial charge in [0.2, 0.25) is 23.5 Å². The van der Waals surface area contributed by atoms with Crippen molar-refractivity contribution in [1.29, 1.82) is 10.5 Å². The number of aromatic nitrogens is 2. The lowest BCUT2D eigenvalue weighted by Gasteiger charge is -2.17. The number of ether oxygens (including phenoxy) is 4. The van der Waals surface area contributed by atoms with Gasteiger partial charge in [-0.05, 0) is 117 Å². The van der Waals surface area contributed by atoms with Crippen LogP contribution in [0.4, 0.5) is 0 Å². The summed E-state index contributed by atoms with van der Waals surface area (Å²) in [6.07, 6.45) is 5.00. The molecule has 2 heterocycles. The van der Waals surface area contributed by atoms with E-state index in [4.69, 9.17) is 29.5 Å². The first-order valence-electron chi connectivity index (χ1n) is 16.0. The summed E-state index contributed by atoms with van der Waals surface area (Å²) in [5.74, 6) is 0.980. The van der Waals surface area contributed by atoms with Gasteiger partial charge in [-0.1, -0.05) is 36.4 Å². The Bertz CT molecular complexity index is 1770. The SMILES string of the molecule is Cc1c(COc2nc(OCCCCC#N)c(C=O)cc2Br)cccc1-c1cccc(COc2nc(OCCCCC#N)c(C=O)cc2Br)c1C. The van der Waals surface area contributed by atoms with Crippen molar-refractivity contribution in [2.24, 2.45) is 0 Å². The molecule has 4 aromatic rings. The van der Waals surface area contributed by atoms with E-state index in [0.29, 0.717) is 96.1 Å². The second-order valence-electron chi connectivity index (χ2n) is 11.3. The number of hydrogen-bond acceptors (Lipinski definition) is 10. The Kier molecular flexibility index (Phi) is 14.8. The number of nitrogens with zero attached hydrogens (tertiary/aromatic N) is 4. The highest BCUT2D eigenvalue weighted by Gasteiger charge is 2.17. The van der Waals surface area contributed by atoms with Gasteiger partial charge in [0.1, 0.15) is 13.2 Å². The Hall–Kier alpha value is -4.78. The van der Waals surface area contributed by atoms with Crippen molar-refractivity contribution in [1.82, 2.24) is 9.97 Å². The summed E-state index contributed by atoms with van der Waals surface area (Å²) in [5.41, 5.74) is 6.68. The minimum absolute atomic E-state index is 0.188. The Labute approximate surface area is 308 Å². The zero-order chi connectivity index (χ0) is 35.9. The number of pyridine rings is 2. The lowest BCUT2D eigenvalue weighted by atomic mass is 9.92. The molecule has 0 saturated carbocycles. The molecule has 0 fully saturated rings. The van der Waals surface area contributed by atoms with E-state index in [1.165, 1.54) is 0 Å². The van der Waals surface area contributed by atoms with E-state index in [1.54, 1.807) is 12.1 Å². The molecule has 0 amide bonds. The molecule has 0 atom stereocenters. The van der Waals surface area contributed by atoms with Crippen LogP contribution < -0.4 is 18.9 Å². The highest BCUT2D eigenvalue weighted by Crippen LogP contribution is 2.34. The first-order chi connectivity index (χ1) is 24.3. The average molecular weight is 805 g/mol. The topological polar surface area (TPSA) is 144 Å². The summed E-state index contributed by atoms with van der Waals surface area (Å²) < 4.78 is 24.8. The first kappa shape index (κ1) is 38.0. The second-order valence-corrected chi connectivity index (χ2v) is 13.0. The Morgan fingerprint density at radius 3 is 1.44 bits per heavy atom. The van der Waals surface area contributed by atoms with Gasteiger partial charge in [0.25, 0.3) is 0 Å². The van der Waals surface area contributed by atoms with Crippen molar-refractivity contribution >= 4 is 44.4 Å². The summed E-state index contributed by atoms with van der Waals surface area (Å²) in [4.78, 5) is 32.2. The van der Waals surface area contributed by atoms with E-state index in [2.05, 4.69) is 66.1 Å². The maximum atomic E-state index is 11.6. The van der Waals surface area contributed by atoms with Gasteiger partial charge in [-0.15, -0.1) is 0 Å². The number of nitriles is 2. The summed E-state index contributed by atoms with van der Waals surface area (Å²) in [6, 6.07) is 19.5. The molecule has 0 aliphatic carbocycles. The summed E-state index contributed by atoms with van der Waals surface area (Å²) in [6.45, 7) is 5.22. The Balaban J connectivity index is 1.48. The van der Waals surface area contributed by atoms with Gasteiger partial charge < -0.3 is 18.9 Å². The van der Waals surface area contributed by atoms with Gasteiger partial charge in [-0.3, -0.25) is 9.59 Å². The molecule has 0 N–H and O–H groups in total. The number of aldehydes is 2. The second kappa shape index (κ2) is 19.4. The van der Waals surface area contributed by atoms with Crippen LogP contribution in [0.5, 0.6) is 23.5 Å². The number of carbonyl (C=O) groups excluding carboxylic acids is 2. The van der Waals surface area contributed by atoms with Crippen molar-refractivity contribution in [3.63, 3.8) is 0 Å². The number of halogens is 2. The standard InChI is InChI=1S/C38H36Br2N4O6/c1-25-27(23-49-37-33(39)19-29(21-45)35(43-37)47-17-7-3-5-15-41)11-9-13-31(25)32-14-10-12-28(26(32)2)24-50-38-34(40)20-30(22-46)36(44-38)48-18-8-4-6-16-42/h9-14,19-22H,3-8,17-18,23-24H2,1-2H3. The largest absolute Gasteiger partial charge is 0.477 e. The van der Waals surface area contributed by atoms with Crippen LogP contribution in [0.25, 0.3) is 11.1 Å². The van der Waals surface area contributed by atoms with Crippen molar-refractivity contribution in [2.45, 2.75) is 65.6 Å². The van der Waals surface area contributed by atoms with Gasteiger partial charge in [-0.2, -0.15) is 20.5 Å². The molecule has 0 spiro atoms. The highest BCUT2D eigenvalue weighted by atomic mass is 79.9. The van der Waals surface area contributed by atoms with Gasteiger partial charge in [0.05, 0.1) is 45.4 Å². The smallest absolute Gasteiger partial charge is 0.231 e. The first-order valence-corrected chi connectivity index (χ1v) is 17.6. The molecule has 258 valence electrons. The number of carbonyl (C=O) groups is 2. The maximum absolute atomic E-state index is 11.6. The predicted octanol–water partition coefficient (Wildman–Crippen LogP) is 9.21. The van der Waals surface area contributed by atoms with E-state index in [-0.39, 0.29) is 25.0 Å². The molecule has 2 aromatic carbocycles. The van der Waals surface area contributed by atoms with Gasteiger partial charge in [0, 0.05) is 12.8 Å². The van der Waals surface area contributed by atoms with E-state index in [9.17, 15) is 9.59 Å². The molecule has 0 aliphatic rings. The third kappa shape index (κ3) is 10.1. The van der Waals surface area contributed by atoms with E-state index < -0.39 is 0 Å². The van der Waals surface area contributed by atoms with Crippen LogP contribution in [-0.4, -0.2) is 35.8 Å². The Morgan fingerprint density at radius 2 is 1.06 bits per heavy atom. The molecular weight excluding hydrogens is 768 g/mol. The van der Waals surface area contributed by atoms with Crippen LogP contribution in [0.3, 0.4) is 0 Å². The number of benzene rings is 2. The molecule has 10 nitrogen and oxygen atoms in total. The van der Waals surface area contributed by atoms with Crippen LogP contribution in [0, 0.1) is 36.5 Å². The molecular formula is C38H36Br2N4O6. The number of rotatable bonds is 19. The summed E-state index contributed by atoms with van der Waals surface area (Å²) in [5, 5.41) is 17.5. The van der Waals surface area contributed by atoms with Crippen LogP contribution in [0.15, 0.2) is 57.5 Å². The molecule has 0 bridgehead atoms. The van der Waals surface area contributed by atoms with Crippen molar-refractivity contribution in [3.05, 3.63) is 90.9 Å². The quantitative estimate of drug-likeness (QED) is 0.0665. The normalized spacial score (nSPS) is 10.5. The molecule has 50 heavy (non-hydrogen) atoms. The fourth-order valence-corrected chi connectivity index (χ4v) is 5.95. The van der Waals surface area contributed by atoms with E-state index >= 15 is 0 Å². The third-order valence-electron chi connectivity index (χ3n) is 7.88. The highest BCUT2D eigenvalue weighted by molar-refractivity contribution is 9.10. The van der Waals surface area contributed by atoms with Crippen molar-refractivity contribution < 1.29 is 28.5 Å². The van der Waals surface area contributed by atoms with Crippen LogP contribution in [0.1, 0.15) is 81.5 Å². The summed E-state index contributed by atoms with van der Waals surface area (Å²) in [7, 11) is 0. The van der Waals surface area contributed by atoms with Gasteiger partial charge in [0.15, 0.2) is 12.6 Å². The lowest BCUT2D eigenvalue weighted by Crippen LogP contribution is -2.06. The molecule has 0 radical (unpaired) electrons. The number of hydrogen-bond donors (Lipinski definition) is 0.